The molecule has 1 atom stereocenters. The van der Waals surface area contributed by atoms with Crippen LogP contribution in [0.2, 0.25) is 0 Å². The largest absolute Gasteiger partial charge is 0.307 e. The van der Waals surface area contributed by atoms with Crippen molar-refractivity contribution in [3.63, 3.8) is 0 Å². The summed E-state index contributed by atoms with van der Waals surface area (Å²) in [6, 6.07) is 21.3. The van der Waals surface area contributed by atoms with Crippen molar-refractivity contribution in [2.75, 3.05) is 15.7 Å². The first kappa shape index (κ1) is 21.6. The molecule has 3 aromatic rings. The molecule has 1 heterocycles. The number of para-hydroxylation sites is 1. The highest BCUT2D eigenvalue weighted by atomic mass is 79.9. The van der Waals surface area contributed by atoms with Gasteiger partial charge in [-0.3, -0.25) is 9.10 Å². The van der Waals surface area contributed by atoms with Gasteiger partial charge in [0.15, 0.2) is 0 Å². The van der Waals surface area contributed by atoms with Gasteiger partial charge in [-0.15, -0.1) is 0 Å². The summed E-state index contributed by atoms with van der Waals surface area (Å²) in [7, 11) is -3.93. The van der Waals surface area contributed by atoms with Gasteiger partial charge in [-0.05, 0) is 68.3 Å². The molecule has 0 aromatic heterocycles. The molecule has 7 heteroatoms. The van der Waals surface area contributed by atoms with E-state index in [1.165, 1.54) is 4.31 Å². The summed E-state index contributed by atoms with van der Waals surface area (Å²) < 4.78 is 29.1. The number of carbonyl (C=O) groups excluding carboxylic acids is 1. The van der Waals surface area contributed by atoms with E-state index in [0.717, 1.165) is 27.7 Å². The number of hydrogen-bond donors (Lipinski definition) is 0. The minimum Gasteiger partial charge on any atom is -0.307 e. The van der Waals surface area contributed by atoms with E-state index >= 15 is 0 Å². The zero-order valence-electron chi connectivity index (χ0n) is 17.3. The van der Waals surface area contributed by atoms with E-state index in [2.05, 4.69) is 15.9 Å². The summed E-state index contributed by atoms with van der Waals surface area (Å²) in [4.78, 5) is 15.3. The van der Waals surface area contributed by atoms with E-state index in [4.69, 9.17) is 0 Å². The fraction of sp³-hybridized carbons (Fsp3) is 0.208. The Kier molecular flexibility index (Phi) is 5.90. The molecule has 0 saturated heterocycles. The van der Waals surface area contributed by atoms with Crippen LogP contribution < -0.4 is 9.21 Å². The molecular formula is C24H23BrN2O3S. The van der Waals surface area contributed by atoms with Gasteiger partial charge in [-0.2, -0.15) is 0 Å². The third-order valence-corrected chi connectivity index (χ3v) is 7.80. The van der Waals surface area contributed by atoms with Crippen molar-refractivity contribution in [3.8, 4) is 0 Å². The summed E-state index contributed by atoms with van der Waals surface area (Å²) in [5, 5.41) is 0. The molecule has 0 bridgehead atoms. The average molecular weight is 499 g/mol. The summed E-state index contributed by atoms with van der Waals surface area (Å²) in [6.45, 7) is 3.60. The van der Waals surface area contributed by atoms with Crippen molar-refractivity contribution in [1.82, 2.24) is 0 Å². The summed E-state index contributed by atoms with van der Waals surface area (Å²) >= 11 is 3.39. The standard InChI is InChI=1S/C24H23BrN2O3S/c1-17-7-13-22(14-8-17)31(29,30)26(21-11-9-20(25)10-12-21)16-24(28)27-18(2)15-19-5-3-4-6-23(19)27/h3-14,18H,15-16H2,1-2H3/t18-/m0/s1. The molecule has 0 N–H and O–H groups in total. The van der Waals surface area contributed by atoms with Crippen LogP contribution in [-0.2, 0) is 21.2 Å². The van der Waals surface area contributed by atoms with Crippen LogP contribution in [0.25, 0.3) is 0 Å². The molecule has 0 radical (unpaired) electrons. The van der Waals surface area contributed by atoms with Crippen LogP contribution >= 0.6 is 15.9 Å². The highest BCUT2D eigenvalue weighted by Gasteiger charge is 2.34. The SMILES string of the molecule is Cc1ccc(S(=O)(=O)N(CC(=O)N2c3ccccc3C[C@@H]2C)c2ccc(Br)cc2)cc1. The Bertz CT molecular complexity index is 1210. The normalized spacial score (nSPS) is 15.6. The van der Waals surface area contributed by atoms with Crippen molar-refractivity contribution >= 4 is 43.2 Å². The molecule has 0 saturated carbocycles. The summed E-state index contributed by atoms with van der Waals surface area (Å²) in [5.74, 6) is -0.254. The predicted octanol–water partition coefficient (Wildman–Crippen LogP) is 4.93. The first-order valence-corrected chi connectivity index (χ1v) is 12.3. The van der Waals surface area contributed by atoms with E-state index < -0.39 is 10.0 Å². The molecule has 4 rings (SSSR count). The lowest BCUT2D eigenvalue weighted by molar-refractivity contribution is -0.117. The number of anilines is 2. The number of sulfonamides is 1. The van der Waals surface area contributed by atoms with E-state index in [-0.39, 0.29) is 23.4 Å². The lowest BCUT2D eigenvalue weighted by atomic mass is 10.1. The van der Waals surface area contributed by atoms with Crippen molar-refractivity contribution in [3.05, 3.63) is 88.4 Å². The molecule has 0 spiro atoms. The summed E-state index contributed by atoms with van der Waals surface area (Å²) in [5.41, 5.74) is 3.36. The van der Waals surface area contributed by atoms with Crippen LogP contribution in [0, 0.1) is 6.92 Å². The molecule has 1 amide bonds. The number of benzene rings is 3. The Balaban J connectivity index is 1.72. The number of fused-ring (bicyclic) bond motifs is 1. The lowest BCUT2D eigenvalue weighted by Crippen LogP contribution is -2.45. The molecule has 5 nitrogen and oxygen atoms in total. The van der Waals surface area contributed by atoms with Crippen LogP contribution in [0.1, 0.15) is 18.1 Å². The second-order valence-electron chi connectivity index (χ2n) is 7.75. The van der Waals surface area contributed by atoms with Crippen LogP contribution in [0.5, 0.6) is 0 Å². The molecular weight excluding hydrogens is 476 g/mol. The van der Waals surface area contributed by atoms with Gasteiger partial charge >= 0.3 is 0 Å². The first-order valence-electron chi connectivity index (χ1n) is 10.0. The zero-order chi connectivity index (χ0) is 22.2. The van der Waals surface area contributed by atoms with Gasteiger partial charge in [0.25, 0.3) is 10.0 Å². The lowest BCUT2D eigenvalue weighted by Gasteiger charge is -2.29. The van der Waals surface area contributed by atoms with Crippen LogP contribution in [0.15, 0.2) is 82.2 Å². The minimum atomic E-state index is -3.93. The third kappa shape index (κ3) is 4.25. The van der Waals surface area contributed by atoms with E-state index in [9.17, 15) is 13.2 Å². The van der Waals surface area contributed by atoms with Crippen molar-refractivity contribution < 1.29 is 13.2 Å². The molecule has 1 aliphatic heterocycles. The first-order chi connectivity index (χ1) is 14.8. The molecule has 3 aromatic carbocycles. The fourth-order valence-electron chi connectivity index (χ4n) is 3.90. The molecule has 160 valence electrons. The van der Waals surface area contributed by atoms with Crippen LogP contribution in [0.3, 0.4) is 0 Å². The van der Waals surface area contributed by atoms with Gasteiger partial charge < -0.3 is 4.90 Å². The topological polar surface area (TPSA) is 57.7 Å². The Hall–Kier alpha value is -2.64. The molecule has 0 unspecified atom stereocenters. The Morgan fingerprint density at radius 2 is 1.68 bits per heavy atom. The van der Waals surface area contributed by atoms with Gasteiger partial charge in [0.05, 0.1) is 10.6 Å². The van der Waals surface area contributed by atoms with E-state index in [1.54, 1.807) is 53.4 Å². The van der Waals surface area contributed by atoms with Gasteiger partial charge in [-0.1, -0.05) is 51.8 Å². The number of amides is 1. The van der Waals surface area contributed by atoms with Crippen molar-refractivity contribution in [2.24, 2.45) is 0 Å². The van der Waals surface area contributed by atoms with Crippen LogP contribution in [-0.4, -0.2) is 26.9 Å². The van der Waals surface area contributed by atoms with Gasteiger partial charge in [0.2, 0.25) is 5.91 Å². The summed E-state index contributed by atoms with van der Waals surface area (Å²) in [6.07, 6.45) is 0.755. The highest BCUT2D eigenvalue weighted by molar-refractivity contribution is 9.10. The minimum absolute atomic E-state index is 0.0289. The number of halogens is 1. The second-order valence-corrected chi connectivity index (χ2v) is 10.5. The zero-order valence-corrected chi connectivity index (χ0v) is 19.7. The highest BCUT2D eigenvalue weighted by Crippen LogP contribution is 2.33. The Morgan fingerprint density at radius 3 is 2.35 bits per heavy atom. The quantitative estimate of drug-likeness (QED) is 0.500. The number of aryl methyl sites for hydroxylation is 1. The average Bonchev–Trinajstić information content (AvgIpc) is 3.08. The predicted molar refractivity (Wildman–Crippen MR) is 127 cm³/mol. The number of hydrogen-bond acceptors (Lipinski definition) is 3. The van der Waals surface area contributed by atoms with Crippen molar-refractivity contribution in [1.29, 1.82) is 0 Å². The van der Waals surface area contributed by atoms with E-state index in [1.807, 2.05) is 38.1 Å². The number of carbonyl (C=O) groups is 1. The Morgan fingerprint density at radius 1 is 1.03 bits per heavy atom. The monoisotopic (exact) mass is 498 g/mol. The molecule has 31 heavy (non-hydrogen) atoms. The Labute approximate surface area is 191 Å². The van der Waals surface area contributed by atoms with E-state index in [0.29, 0.717) is 5.69 Å². The number of nitrogens with zero attached hydrogens (tertiary/aromatic N) is 2. The molecule has 0 aliphatic carbocycles. The number of rotatable bonds is 5. The second kappa shape index (κ2) is 8.48. The smallest absolute Gasteiger partial charge is 0.264 e. The maximum atomic E-state index is 13.5. The van der Waals surface area contributed by atoms with Gasteiger partial charge in [0, 0.05) is 16.2 Å². The van der Waals surface area contributed by atoms with Gasteiger partial charge in [0.1, 0.15) is 6.54 Å². The maximum Gasteiger partial charge on any atom is 0.264 e. The van der Waals surface area contributed by atoms with Crippen molar-refractivity contribution in [2.45, 2.75) is 31.2 Å². The fourth-order valence-corrected chi connectivity index (χ4v) is 5.58. The van der Waals surface area contributed by atoms with Gasteiger partial charge in [-0.25, -0.2) is 8.42 Å². The molecule has 1 aliphatic rings. The maximum absolute atomic E-state index is 13.5. The molecule has 0 fully saturated rings. The third-order valence-electron chi connectivity index (χ3n) is 5.48. The van der Waals surface area contributed by atoms with Crippen LogP contribution in [0.4, 0.5) is 11.4 Å².